The van der Waals surface area contributed by atoms with Crippen molar-refractivity contribution in [3.05, 3.63) is 21.3 Å². The van der Waals surface area contributed by atoms with Gasteiger partial charge in [-0.15, -0.1) is 0 Å². The molecule has 0 aliphatic carbocycles. The molecule has 1 rings (SSSR count). The molecule has 1 aromatic rings. The van der Waals surface area contributed by atoms with Gasteiger partial charge in [-0.1, -0.05) is 0 Å². The van der Waals surface area contributed by atoms with E-state index >= 15 is 0 Å². The maximum atomic E-state index is 11.0. The first-order chi connectivity index (χ1) is 8.31. The van der Waals surface area contributed by atoms with Gasteiger partial charge in [0.25, 0.3) is 0 Å². The first kappa shape index (κ1) is 14.4. The largest absolute Gasteiger partial charge is 0.478 e. The first-order valence-corrected chi connectivity index (χ1v) is 6.01. The zero-order chi connectivity index (χ0) is 13.9. The highest BCUT2D eigenvalue weighted by Crippen LogP contribution is 2.28. The molecule has 0 aliphatic rings. The van der Waals surface area contributed by atoms with Crippen LogP contribution in [-0.2, 0) is 9.59 Å². The number of nitrogens with one attached hydrogen (secondary N) is 2. The van der Waals surface area contributed by atoms with E-state index in [1.807, 2.05) is 22.6 Å². The van der Waals surface area contributed by atoms with E-state index in [9.17, 15) is 14.4 Å². The number of hydrogen-bond acceptors (Lipinski definition) is 3. The quantitative estimate of drug-likeness (QED) is 0.716. The third-order valence-corrected chi connectivity index (χ3v) is 3.10. The molecule has 2 amide bonds. The van der Waals surface area contributed by atoms with Gasteiger partial charge in [0.2, 0.25) is 11.8 Å². The van der Waals surface area contributed by atoms with Gasteiger partial charge in [0.15, 0.2) is 0 Å². The van der Waals surface area contributed by atoms with E-state index in [2.05, 4.69) is 10.6 Å². The third kappa shape index (κ3) is 3.69. The fourth-order valence-corrected chi connectivity index (χ4v) is 1.89. The number of rotatable bonds is 3. The second-order valence-electron chi connectivity index (χ2n) is 3.55. The number of carboxylic acids is 1. The molecule has 7 heteroatoms. The van der Waals surface area contributed by atoms with Crippen LogP contribution in [0.5, 0.6) is 0 Å². The van der Waals surface area contributed by atoms with Crippen LogP contribution < -0.4 is 10.6 Å². The zero-order valence-electron chi connectivity index (χ0n) is 9.70. The van der Waals surface area contributed by atoms with Crippen molar-refractivity contribution in [3.8, 4) is 0 Å². The van der Waals surface area contributed by atoms with Crippen LogP contribution in [0.1, 0.15) is 24.2 Å². The molecule has 0 atom stereocenters. The van der Waals surface area contributed by atoms with E-state index in [4.69, 9.17) is 5.11 Å². The van der Waals surface area contributed by atoms with Crippen molar-refractivity contribution in [3.63, 3.8) is 0 Å². The van der Waals surface area contributed by atoms with Gasteiger partial charge in [-0.25, -0.2) is 4.79 Å². The smallest absolute Gasteiger partial charge is 0.335 e. The lowest BCUT2D eigenvalue weighted by Gasteiger charge is -2.12. The molecule has 1 aromatic carbocycles. The van der Waals surface area contributed by atoms with Crippen LogP contribution in [0.3, 0.4) is 0 Å². The van der Waals surface area contributed by atoms with E-state index in [1.165, 1.54) is 26.0 Å². The Bertz CT molecular complexity index is 491. The van der Waals surface area contributed by atoms with Crippen molar-refractivity contribution < 1.29 is 19.5 Å². The maximum Gasteiger partial charge on any atom is 0.335 e. The Kier molecular flexibility index (Phi) is 4.65. The number of carboxylic acid groups (broad SMARTS) is 1. The van der Waals surface area contributed by atoms with Crippen molar-refractivity contribution in [2.75, 3.05) is 10.6 Å². The number of amides is 2. The van der Waals surface area contributed by atoms with Crippen molar-refractivity contribution in [2.24, 2.45) is 0 Å². The molecule has 6 nitrogen and oxygen atoms in total. The van der Waals surface area contributed by atoms with Gasteiger partial charge in [0.05, 0.1) is 20.5 Å². The molecular weight excluding hydrogens is 351 g/mol. The summed E-state index contributed by atoms with van der Waals surface area (Å²) in [6.45, 7) is 2.64. The van der Waals surface area contributed by atoms with Gasteiger partial charge in [-0.2, -0.15) is 0 Å². The topological polar surface area (TPSA) is 95.5 Å². The number of halogens is 1. The Hall–Kier alpha value is -1.64. The Morgan fingerprint density at radius 2 is 1.44 bits per heavy atom. The van der Waals surface area contributed by atoms with E-state index in [-0.39, 0.29) is 17.4 Å². The molecule has 0 radical (unpaired) electrons. The van der Waals surface area contributed by atoms with Crippen molar-refractivity contribution in [1.82, 2.24) is 0 Å². The highest BCUT2D eigenvalue weighted by atomic mass is 127. The average Bonchev–Trinajstić information content (AvgIpc) is 2.22. The number of carbonyl (C=O) groups is 3. The van der Waals surface area contributed by atoms with Crippen LogP contribution in [0.4, 0.5) is 11.4 Å². The SMILES string of the molecule is CC(=O)Nc1cc(C(=O)O)cc(NC(C)=O)c1I. The predicted molar refractivity (Wildman–Crippen MR) is 74.7 cm³/mol. The summed E-state index contributed by atoms with van der Waals surface area (Å²) in [6.07, 6.45) is 0. The number of hydrogen-bond donors (Lipinski definition) is 3. The summed E-state index contributed by atoms with van der Waals surface area (Å²) in [6, 6.07) is 2.69. The lowest BCUT2D eigenvalue weighted by atomic mass is 10.1. The number of aromatic carboxylic acids is 1. The molecule has 0 spiro atoms. The Labute approximate surface area is 117 Å². The molecule has 3 N–H and O–H groups in total. The van der Waals surface area contributed by atoms with E-state index in [1.54, 1.807) is 0 Å². The highest BCUT2D eigenvalue weighted by Gasteiger charge is 2.14. The average molecular weight is 362 g/mol. The minimum Gasteiger partial charge on any atom is -0.478 e. The van der Waals surface area contributed by atoms with Crippen LogP contribution in [0.25, 0.3) is 0 Å². The number of benzene rings is 1. The zero-order valence-corrected chi connectivity index (χ0v) is 11.9. The fourth-order valence-electron chi connectivity index (χ4n) is 1.31. The second kappa shape index (κ2) is 5.80. The van der Waals surface area contributed by atoms with Crippen LogP contribution in [-0.4, -0.2) is 22.9 Å². The standard InChI is InChI=1S/C11H11IN2O4/c1-5(15)13-8-3-7(11(17)18)4-9(10(8)12)14-6(2)16/h3-4H,1-2H3,(H,13,15)(H,14,16)(H,17,18). The third-order valence-electron chi connectivity index (χ3n) is 1.94. The molecule has 0 fully saturated rings. The number of carbonyl (C=O) groups excluding carboxylic acids is 2. The monoisotopic (exact) mass is 362 g/mol. The van der Waals surface area contributed by atoms with Gasteiger partial charge in [0, 0.05) is 13.8 Å². The molecule has 96 valence electrons. The molecule has 0 unspecified atom stereocenters. The summed E-state index contributed by atoms with van der Waals surface area (Å²) in [7, 11) is 0. The lowest BCUT2D eigenvalue weighted by molar-refractivity contribution is -0.115. The minimum atomic E-state index is -1.13. The van der Waals surface area contributed by atoms with E-state index < -0.39 is 5.97 Å². The van der Waals surface area contributed by atoms with Crippen LogP contribution >= 0.6 is 22.6 Å². The lowest BCUT2D eigenvalue weighted by Crippen LogP contribution is -2.13. The predicted octanol–water partition coefficient (Wildman–Crippen LogP) is 1.91. The summed E-state index contributed by atoms with van der Waals surface area (Å²) < 4.78 is 0.572. The van der Waals surface area contributed by atoms with Crippen LogP contribution in [0.15, 0.2) is 12.1 Å². The summed E-state index contributed by atoms with van der Waals surface area (Å²) in [4.78, 5) is 33.0. The molecular formula is C11H11IN2O4. The van der Waals surface area contributed by atoms with Crippen molar-refractivity contribution in [1.29, 1.82) is 0 Å². The molecule has 18 heavy (non-hydrogen) atoms. The Morgan fingerprint density at radius 1 is 1.06 bits per heavy atom. The summed E-state index contributed by atoms with van der Waals surface area (Å²) in [5.74, 6) is -1.77. The van der Waals surface area contributed by atoms with Gasteiger partial charge >= 0.3 is 5.97 Å². The van der Waals surface area contributed by atoms with E-state index in [0.29, 0.717) is 14.9 Å². The van der Waals surface area contributed by atoms with Gasteiger partial charge in [0.1, 0.15) is 0 Å². The number of anilines is 2. The normalized spacial score (nSPS) is 9.72. The summed E-state index contributed by atoms with van der Waals surface area (Å²) in [5.41, 5.74) is 0.696. The summed E-state index contributed by atoms with van der Waals surface area (Å²) >= 11 is 1.93. The Balaban J connectivity index is 3.32. The minimum absolute atomic E-state index is 0.0112. The molecule has 0 aliphatic heterocycles. The fraction of sp³-hybridized carbons (Fsp3) is 0.182. The molecule has 0 saturated heterocycles. The molecule has 0 aromatic heterocycles. The summed E-state index contributed by atoms with van der Waals surface area (Å²) in [5, 5.41) is 14.0. The van der Waals surface area contributed by atoms with Crippen molar-refractivity contribution in [2.45, 2.75) is 13.8 Å². The van der Waals surface area contributed by atoms with E-state index in [0.717, 1.165) is 0 Å². The van der Waals surface area contributed by atoms with Crippen LogP contribution in [0.2, 0.25) is 0 Å². The highest BCUT2D eigenvalue weighted by molar-refractivity contribution is 14.1. The van der Waals surface area contributed by atoms with Crippen molar-refractivity contribution >= 4 is 51.7 Å². The van der Waals surface area contributed by atoms with Crippen LogP contribution in [0, 0.1) is 3.57 Å². The second-order valence-corrected chi connectivity index (χ2v) is 4.63. The molecule has 0 saturated carbocycles. The first-order valence-electron chi connectivity index (χ1n) is 4.93. The molecule has 0 bridgehead atoms. The van der Waals surface area contributed by atoms with Gasteiger partial charge in [-0.05, 0) is 34.7 Å². The maximum absolute atomic E-state index is 11.0. The Morgan fingerprint density at radius 3 is 1.72 bits per heavy atom. The van der Waals surface area contributed by atoms with Gasteiger partial charge in [-0.3, -0.25) is 9.59 Å². The van der Waals surface area contributed by atoms with Gasteiger partial charge < -0.3 is 15.7 Å². The molecule has 0 heterocycles.